The lowest BCUT2D eigenvalue weighted by Crippen LogP contribution is -3.15. The fourth-order valence-electron chi connectivity index (χ4n) is 3.40. The quantitative estimate of drug-likeness (QED) is 0.730. The lowest BCUT2D eigenvalue weighted by atomic mass is 10.3. The number of hydrogen-bond donors (Lipinski definition) is 2. The minimum absolute atomic E-state index is 0.118. The van der Waals surface area contributed by atoms with Crippen molar-refractivity contribution in [1.82, 2.24) is 9.80 Å². The maximum absolute atomic E-state index is 12.3. The van der Waals surface area contributed by atoms with Gasteiger partial charge in [-0.1, -0.05) is 15.9 Å². The van der Waals surface area contributed by atoms with Crippen LogP contribution in [0, 0.1) is 0 Å². The number of halogens is 1. The average molecular weight is 410 g/mol. The third-order valence-electron chi connectivity index (χ3n) is 4.97. The van der Waals surface area contributed by atoms with E-state index in [1.165, 1.54) is 4.90 Å². The highest BCUT2D eigenvalue weighted by atomic mass is 79.9. The number of hydrogen-bond acceptors (Lipinski definition) is 3. The van der Waals surface area contributed by atoms with E-state index < -0.39 is 0 Å². The fraction of sp³-hybridized carbons (Fsp3) is 0.556. The molecule has 2 fully saturated rings. The Kier molecular flexibility index (Phi) is 6.31. The Balaban J connectivity index is 1.38. The summed E-state index contributed by atoms with van der Waals surface area (Å²) in [6, 6.07) is 7.80. The third-order valence-corrected chi connectivity index (χ3v) is 5.50. The second-order valence-electron chi connectivity index (χ2n) is 6.76. The van der Waals surface area contributed by atoms with Gasteiger partial charge in [0.15, 0.2) is 6.54 Å². The average Bonchev–Trinajstić information content (AvgIpc) is 3.16. The van der Waals surface area contributed by atoms with E-state index in [9.17, 15) is 9.59 Å². The van der Waals surface area contributed by atoms with Gasteiger partial charge in [-0.15, -0.1) is 0 Å². The number of anilines is 1. The first-order valence-corrected chi connectivity index (χ1v) is 9.80. The van der Waals surface area contributed by atoms with Crippen LogP contribution in [0.4, 0.5) is 5.69 Å². The molecule has 25 heavy (non-hydrogen) atoms. The summed E-state index contributed by atoms with van der Waals surface area (Å²) in [5, 5.41) is 3.17. The van der Waals surface area contributed by atoms with Crippen LogP contribution in [0.15, 0.2) is 28.7 Å². The van der Waals surface area contributed by atoms with Gasteiger partial charge in [-0.25, -0.2) is 0 Å². The summed E-state index contributed by atoms with van der Waals surface area (Å²) in [6.07, 6.45) is 2.27. The van der Waals surface area contributed by atoms with Crippen molar-refractivity contribution in [3.63, 3.8) is 0 Å². The van der Waals surface area contributed by atoms with Gasteiger partial charge in [-0.3, -0.25) is 9.59 Å². The number of nitrogens with zero attached hydrogens (tertiary/aromatic N) is 2. The molecule has 0 radical (unpaired) electrons. The molecule has 2 aliphatic rings. The van der Waals surface area contributed by atoms with Crippen LogP contribution in [0.25, 0.3) is 0 Å². The van der Waals surface area contributed by atoms with Gasteiger partial charge < -0.3 is 20.0 Å². The van der Waals surface area contributed by atoms with E-state index in [-0.39, 0.29) is 11.8 Å². The molecule has 2 N–H and O–H groups in total. The molecule has 0 aliphatic carbocycles. The van der Waals surface area contributed by atoms with Crippen molar-refractivity contribution < 1.29 is 14.5 Å². The topological polar surface area (TPSA) is 57.1 Å². The van der Waals surface area contributed by atoms with Crippen molar-refractivity contribution >= 4 is 33.4 Å². The normalized spacial score (nSPS) is 18.4. The number of carbonyl (C=O) groups is 2. The zero-order valence-corrected chi connectivity index (χ0v) is 16.1. The summed E-state index contributed by atoms with van der Waals surface area (Å²) < 4.78 is 1.02. The monoisotopic (exact) mass is 409 g/mol. The molecule has 1 aromatic carbocycles. The number of rotatable bonds is 5. The Bertz CT molecular complexity index is 594. The van der Waals surface area contributed by atoms with E-state index in [4.69, 9.17) is 0 Å². The van der Waals surface area contributed by atoms with Crippen molar-refractivity contribution in [3.05, 3.63) is 28.7 Å². The highest BCUT2D eigenvalue weighted by molar-refractivity contribution is 9.10. The molecule has 7 heteroatoms. The SMILES string of the molecule is O=C(CNc1ccc(Br)cc1)N1CC[NH+](CC(=O)N2CCCC2)CC1. The molecular weight excluding hydrogens is 384 g/mol. The Morgan fingerprint density at radius 2 is 1.56 bits per heavy atom. The first-order valence-electron chi connectivity index (χ1n) is 9.00. The predicted octanol–water partition coefficient (Wildman–Crippen LogP) is 0.211. The number of amides is 2. The largest absolute Gasteiger partial charge is 0.376 e. The third kappa shape index (κ3) is 5.19. The van der Waals surface area contributed by atoms with E-state index in [1.807, 2.05) is 34.1 Å². The van der Waals surface area contributed by atoms with Gasteiger partial charge in [0, 0.05) is 23.2 Å². The molecule has 1 aromatic rings. The van der Waals surface area contributed by atoms with E-state index in [1.54, 1.807) is 0 Å². The van der Waals surface area contributed by atoms with Gasteiger partial charge >= 0.3 is 0 Å². The second kappa shape index (κ2) is 8.67. The van der Waals surface area contributed by atoms with Gasteiger partial charge in [-0.05, 0) is 37.1 Å². The molecule has 2 amide bonds. The first-order chi connectivity index (χ1) is 12.1. The number of carbonyl (C=O) groups excluding carboxylic acids is 2. The van der Waals surface area contributed by atoms with Gasteiger partial charge in [0.05, 0.1) is 32.7 Å². The van der Waals surface area contributed by atoms with Gasteiger partial charge in [-0.2, -0.15) is 0 Å². The van der Waals surface area contributed by atoms with Crippen LogP contribution in [-0.4, -0.2) is 74.0 Å². The summed E-state index contributed by atoms with van der Waals surface area (Å²) in [5.74, 6) is 0.386. The maximum atomic E-state index is 12.3. The highest BCUT2D eigenvalue weighted by Gasteiger charge is 2.27. The van der Waals surface area contributed by atoms with Crippen LogP contribution >= 0.6 is 15.9 Å². The van der Waals surface area contributed by atoms with Crippen LogP contribution in [0.3, 0.4) is 0 Å². The maximum Gasteiger partial charge on any atom is 0.277 e. The highest BCUT2D eigenvalue weighted by Crippen LogP contribution is 2.13. The number of piperazine rings is 1. The van der Waals surface area contributed by atoms with Crippen LogP contribution < -0.4 is 10.2 Å². The Hall–Kier alpha value is -1.60. The van der Waals surface area contributed by atoms with Gasteiger partial charge in [0.2, 0.25) is 5.91 Å². The number of likely N-dealkylation sites (tertiary alicyclic amines) is 1. The molecule has 0 aromatic heterocycles. The molecule has 2 saturated heterocycles. The summed E-state index contributed by atoms with van der Waals surface area (Å²) >= 11 is 3.40. The van der Waals surface area contributed by atoms with Crippen molar-refractivity contribution in [2.75, 3.05) is 57.7 Å². The molecule has 3 rings (SSSR count). The van der Waals surface area contributed by atoms with Crippen molar-refractivity contribution in [2.45, 2.75) is 12.8 Å². The molecule has 0 spiro atoms. The Morgan fingerprint density at radius 3 is 2.20 bits per heavy atom. The molecule has 0 unspecified atom stereocenters. The molecular formula is C18H26BrN4O2+. The molecule has 0 bridgehead atoms. The number of benzene rings is 1. The van der Waals surface area contributed by atoms with Crippen LogP contribution in [-0.2, 0) is 9.59 Å². The first kappa shape index (κ1) is 18.2. The second-order valence-corrected chi connectivity index (χ2v) is 7.67. The fourth-order valence-corrected chi connectivity index (χ4v) is 3.66. The lowest BCUT2D eigenvalue weighted by Gasteiger charge is -2.32. The number of nitrogens with one attached hydrogen (secondary N) is 2. The van der Waals surface area contributed by atoms with Crippen molar-refractivity contribution in [3.8, 4) is 0 Å². The molecule has 2 heterocycles. The van der Waals surface area contributed by atoms with E-state index in [0.29, 0.717) is 13.1 Å². The zero-order valence-electron chi connectivity index (χ0n) is 14.5. The molecule has 2 aliphatic heterocycles. The minimum Gasteiger partial charge on any atom is -0.376 e. The smallest absolute Gasteiger partial charge is 0.277 e. The van der Waals surface area contributed by atoms with Crippen LogP contribution in [0.5, 0.6) is 0 Å². The lowest BCUT2D eigenvalue weighted by molar-refractivity contribution is -0.896. The van der Waals surface area contributed by atoms with E-state index >= 15 is 0 Å². The summed E-state index contributed by atoms with van der Waals surface area (Å²) in [5.41, 5.74) is 0.942. The van der Waals surface area contributed by atoms with Crippen LogP contribution in [0.1, 0.15) is 12.8 Å². The van der Waals surface area contributed by atoms with Crippen molar-refractivity contribution in [1.29, 1.82) is 0 Å². The molecule has 136 valence electrons. The number of quaternary nitrogens is 1. The molecule has 6 nitrogen and oxygen atoms in total. The summed E-state index contributed by atoms with van der Waals surface area (Å²) in [7, 11) is 0. The Labute approximate surface area is 157 Å². The zero-order chi connectivity index (χ0) is 17.6. The van der Waals surface area contributed by atoms with Gasteiger partial charge in [0.25, 0.3) is 5.91 Å². The van der Waals surface area contributed by atoms with E-state index in [0.717, 1.165) is 62.3 Å². The summed E-state index contributed by atoms with van der Waals surface area (Å²) in [4.78, 5) is 29.7. The van der Waals surface area contributed by atoms with Crippen LogP contribution in [0.2, 0.25) is 0 Å². The van der Waals surface area contributed by atoms with Gasteiger partial charge in [0.1, 0.15) is 0 Å². The minimum atomic E-state index is 0.118. The van der Waals surface area contributed by atoms with Crippen molar-refractivity contribution in [2.24, 2.45) is 0 Å². The summed E-state index contributed by atoms with van der Waals surface area (Å²) in [6.45, 7) is 5.86. The standard InChI is InChI=1S/C18H25BrN4O2/c19-15-3-5-16(6-4-15)20-13-17(24)23-11-9-21(10-12-23)14-18(25)22-7-1-2-8-22/h3-6,20H,1-2,7-14H2/p+1. The Morgan fingerprint density at radius 1 is 0.960 bits per heavy atom. The molecule has 0 atom stereocenters. The molecule has 0 saturated carbocycles. The predicted molar refractivity (Wildman–Crippen MR) is 101 cm³/mol. The van der Waals surface area contributed by atoms with E-state index in [2.05, 4.69) is 21.2 Å².